The van der Waals surface area contributed by atoms with Gasteiger partial charge in [0.1, 0.15) is 17.4 Å². The lowest BCUT2D eigenvalue weighted by atomic mass is 10.1. The number of primary sulfonamides is 1. The molecule has 176 valence electrons. The van der Waals surface area contributed by atoms with Crippen molar-refractivity contribution >= 4 is 33.4 Å². The molecule has 0 saturated heterocycles. The van der Waals surface area contributed by atoms with E-state index in [0.29, 0.717) is 23.4 Å². The van der Waals surface area contributed by atoms with E-state index < -0.39 is 20.8 Å². The molecule has 0 aliphatic heterocycles. The number of sulfonamides is 1. The standard InChI is InChI=1S/C22H21N5O5S2/c1-3-18(21(29)25-14-7-9-16(10-8-14)34(24,30)31)33-22-26-19(17(12-23)20(28)27-22)13-5-4-6-15(11-13)32-2/h4-11,18H,3H2,1-2H3,(H,25,29)(H2,24,30,31)(H,26,27,28)/t18-/m1/s1. The van der Waals surface area contributed by atoms with E-state index in [0.717, 1.165) is 11.8 Å². The van der Waals surface area contributed by atoms with Gasteiger partial charge in [-0.2, -0.15) is 5.26 Å². The second-order valence-corrected chi connectivity index (χ2v) is 9.76. The zero-order valence-electron chi connectivity index (χ0n) is 18.2. The number of nitrogens with one attached hydrogen (secondary N) is 2. The molecule has 12 heteroatoms. The number of aromatic nitrogens is 2. The normalized spacial score (nSPS) is 11.9. The Labute approximate surface area is 200 Å². The summed E-state index contributed by atoms with van der Waals surface area (Å²) < 4.78 is 28.0. The van der Waals surface area contributed by atoms with Crippen molar-refractivity contribution in [2.24, 2.45) is 5.14 Å². The molecule has 3 rings (SSSR count). The fourth-order valence-electron chi connectivity index (χ4n) is 3.00. The van der Waals surface area contributed by atoms with E-state index in [4.69, 9.17) is 9.88 Å². The van der Waals surface area contributed by atoms with Crippen LogP contribution < -0.4 is 20.8 Å². The molecule has 0 aliphatic carbocycles. The minimum absolute atomic E-state index is 0.0728. The summed E-state index contributed by atoms with van der Waals surface area (Å²) >= 11 is 1.04. The van der Waals surface area contributed by atoms with E-state index in [9.17, 15) is 23.3 Å². The van der Waals surface area contributed by atoms with Crippen LogP contribution in [0.25, 0.3) is 11.3 Å². The lowest BCUT2D eigenvalue weighted by Gasteiger charge is -2.15. The molecule has 0 spiro atoms. The number of rotatable bonds is 8. The Morgan fingerprint density at radius 2 is 2.00 bits per heavy atom. The molecule has 0 bridgehead atoms. The van der Waals surface area contributed by atoms with Gasteiger partial charge in [0.15, 0.2) is 5.16 Å². The summed E-state index contributed by atoms with van der Waals surface area (Å²) in [5.41, 5.74) is 0.323. The fourth-order valence-corrected chi connectivity index (χ4v) is 4.41. The highest BCUT2D eigenvalue weighted by Crippen LogP contribution is 2.28. The molecule has 3 aromatic rings. The first-order chi connectivity index (χ1) is 16.2. The molecule has 34 heavy (non-hydrogen) atoms. The Bertz CT molecular complexity index is 1410. The first-order valence-electron chi connectivity index (χ1n) is 9.95. The summed E-state index contributed by atoms with van der Waals surface area (Å²) in [6, 6.07) is 14.1. The van der Waals surface area contributed by atoms with Crippen molar-refractivity contribution in [3.05, 3.63) is 64.4 Å². The highest BCUT2D eigenvalue weighted by Gasteiger charge is 2.22. The average molecular weight is 500 g/mol. The number of hydrogen-bond acceptors (Lipinski definition) is 8. The highest BCUT2D eigenvalue weighted by molar-refractivity contribution is 8.00. The van der Waals surface area contributed by atoms with Gasteiger partial charge in [0, 0.05) is 11.3 Å². The van der Waals surface area contributed by atoms with E-state index in [1.807, 2.05) is 6.07 Å². The number of carbonyl (C=O) groups excluding carboxylic acids is 1. The molecule has 1 amide bonds. The molecule has 1 atom stereocenters. The summed E-state index contributed by atoms with van der Waals surface area (Å²) in [6.07, 6.45) is 0.407. The SMILES string of the molecule is CC[C@@H](Sc1nc(-c2cccc(OC)c2)c(C#N)c(=O)[nH]1)C(=O)Nc1ccc(S(N)(=O)=O)cc1. The van der Waals surface area contributed by atoms with Crippen LogP contribution >= 0.6 is 11.8 Å². The lowest BCUT2D eigenvalue weighted by molar-refractivity contribution is -0.115. The number of ether oxygens (including phenoxy) is 1. The van der Waals surface area contributed by atoms with Crippen molar-refractivity contribution in [2.75, 3.05) is 12.4 Å². The van der Waals surface area contributed by atoms with Gasteiger partial charge in [0.05, 0.1) is 22.9 Å². The maximum atomic E-state index is 12.8. The van der Waals surface area contributed by atoms with Crippen LogP contribution in [-0.4, -0.2) is 36.7 Å². The van der Waals surface area contributed by atoms with Gasteiger partial charge >= 0.3 is 0 Å². The Morgan fingerprint density at radius 1 is 1.29 bits per heavy atom. The minimum Gasteiger partial charge on any atom is -0.497 e. The van der Waals surface area contributed by atoms with Gasteiger partial charge in [0.2, 0.25) is 15.9 Å². The van der Waals surface area contributed by atoms with Crippen LogP contribution in [0.2, 0.25) is 0 Å². The van der Waals surface area contributed by atoms with Crippen LogP contribution in [0.1, 0.15) is 18.9 Å². The number of aromatic amines is 1. The van der Waals surface area contributed by atoms with Crippen molar-refractivity contribution in [1.82, 2.24) is 9.97 Å². The minimum atomic E-state index is -3.84. The smallest absolute Gasteiger partial charge is 0.270 e. The Balaban J connectivity index is 1.86. The van der Waals surface area contributed by atoms with Gasteiger partial charge in [-0.05, 0) is 42.8 Å². The van der Waals surface area contributed by atoms with Crippen LogP contribution in [0.15, 0.2) is 63.4 Å². The fraction of sp³-hybridized carbons (Fsp3) is 0.182. The van der Waals surface area contributed by atoms with Crippen molar-refractivity contribution in [3.63, 3.8) is 0 Å². The Hall–Kier alpha value is -3.66. The molecule has 0 aliphatic rings. The maximum absolute atomic E-state index is 12.8. The van der Waals surface area contributed by atoms with E-state index in [1.165, 1.54) is 31.4 Å². The molecule has 0 saturated carbocycles. The third-order valence-corrected chi connectivity index (χ3v) is 6.90. The van der Waals surface area contributed by atoms with Crippen LogP contribution in [-0.2, 0) is 14.8 Å². The van der Waals surface area contributed by atoms with E-state index >= 15 is 0 Å². The second-order valence-electron chi connectivity index (χ2n) is 7.01. The highest BCUT2D eigenvalue weighted by atomic mass is 32.2. The topological polar surface area (TPSA) is 168 Å². The second kappa shape index (κ2) is 10.5. The summed E-state index contributed by atoms with van der Waals surface area (Å²) in [5.74, 6) is 0.169. The molecule has 0 fully saturated rings. The zero-order valence-corrected chi connectivity index (χ0v) is 19.9. The Kier molecular flexibility index (Phi) is 7.72. The first-order valence-corrected chi connectivity index (χ1v) is 12.4. The van der Waals surface area contributed by atoms with Gasteiger partial charge in [0.25, 0.3) is 5.56 Å². The summed E-state index contributed by atoms with van der Waals surface area (Å²) in [7, 11) is -2.34. The molecule has 1 heterocycles. The van der Waals surface area contributed by atoms with Gasteiger partial charge in [-0.15, -0.1) is 0 Å². The molecule has 0 unspecified atom stereocenters. The van der Waals surface area contributed by atoms with E-state index in [2.05, 4.69) is 15.3 Å². The van der Waals surface area contributed by atoms with Gasteiger partial charge in [-0.25, -0.2) is 18.5 Å². The number of anilines is 1. The van der Waals surface area contributed by atoms with E-state index in [1.54, 1.807) is 31.2 Å². The third-order valence-electron chi connectivity index (χ3n) is 4.72. The van der Waals surface area contributed by atoms with Gasteiger partial charge < -0.3 is 15.0 Å². The molecule has 2 aromatic carbocycles. The number of H-pyrrole nitrogens is 1. The number of nitrogens with two attached hydrogens (primary N) is 1. The number of thioether (sulfide) groups is 1. The largest absolute Gasteiger partial charge is 0.497 e. The average Bonchev–Trinajstić information content (AvgIpc) is 2.81. The summed E-state index contributed by atoms with van der Waals surface area (Å²) in [6.45, 7) is 1.80. The number of nitriles is 1. The Morgan fingerprint density at radius 3 is 2.59 bits per heavy atom. The van der Waals surface area contributed by atoms with Crippen molar-refractivity contribution in [3.8, 4) is 23.1 Å². The number of nitrogens with zero attached hydrogens (tertiary/aromatic N) is 2. The monoisotopic (exact) mass is 499 g/mol. The quantitative estimate of drug-likeness (QED) is 0.314. The number of methoxy groups -OCH3 is 1. The van der Waals surface area contributed by atoms with Crippen LogP contribution in [0.4, 0.5) is 5.69 Å². The van der Waals surface area contributed by atoms with Crippen LogP contribution in [0.3, 0.4) is 0 Å². The molecular formula is C22H21N5O5S2. The van der Waals surface area contributed by atoms with Crippen molar-refractivity contribution in [1.29, 1.82) is 5.26 Å². The van der Waals surface area contributed by atoms with E-state index in [-0.39, 0.29) is 27.2 Å². The summed E-state index contributed by atoms with van der Waals surface area (Å²) in [4.78, 5) is 32.3. The number of hydrogen-bond donors (Lipinski definition) is 3. The van der Waals surface area contributed by atoms with Crippen molar-refractivity contribution in [2.45, 2.75) is 28.6 Å². The predicted octanol–water partition coefficient (Wildman–Crippen LogP) is 2.47. The molecule has 4 N–H and O–H groups in total. The zero-order chi connectivity index (χ0) is 24.9. The van der Waals surface area contributed by atoms with Crippen LogP contribution in [0, 0.1) is 11.3 Å². The van der Waals surface area contributed by atoms with Crippen molar-refractivity contribution < 1.29 is 17.9 Å². The maximum Gasteiger partial charge on any atom is 0.270 e. The lowest BCUT2D eigenvalue weighted by Crippen LogP contribution is -2.25. The third kappa shape index (κ3) is 5.82. The summed E-state index contributed by atoms with van der Waals surface area (Å²) in [5, 5.41) is 16.8. The molecule has 1 aromatic heterocycles. The van der Waals surface area contributed by atoms with Gasteiger partial charge in [-0.1, -0.05) is 30.8 Å². The predicted molar refractivity (Wildman–Crippen MR) is 128 cm³/mol. The van der Waals surface area contributed by atoms with Gasteiger partial charge in [-0.3, -0.25) is 9.59 Å². The number of benzene rings is 2. The molecule has 10 nitrogen and oxygen atoms in total. The first kappa shape index (κ1) is 25.0. The number of carbonyl (C=O) groups is 1. The number of amides is 1. The van der Waals surface area contributed by atoms with Crippen LogP contribution in [0.5, 0.6) is 5.75 Å². The molecular weight excluding hydrogens is 478 g/mol. The molecule has 0 radical (unpaired) electrons.